The minimum absolute atomic E-state index is 0.0381. The second-order valence-electron chi connectivity index (χ2n) is 7.65. The molecule has 4 aromatic rings. The highest BCUT2D eigenvalue weighted by Crippen LogP contribution is 2.33. The Hall–Kier alpha value is -3.02. The number of anilines is 1. The minimum Gasteiger partial charge on any atom is -0.332 e. The Bertz CT molecular complexity index is 1140. The predicted molar refractivity (Wildman–Crippen MR) is 134 cm³/mol. The van der Waals surface area contributed by atoms with Crippen molar-refractivity contribution in [2.45, 2.75) is 25.4 Å². The van der Waals surface area contributed by atoms with Crippen LogP contribution in [0.15, 0.2) is 78.0 Å². The molecule has 32 heavy (non-hydrogen) atoms. The molecule has 0 fully saturated rings. The van der Waals surface area contributed by atoms with E-state index in [2.05, 4.69) is 72.7 Å². The Morgan fingerprint density at radius 1 is 0.906 bits per heavy atom. The number of hydrogen-bond donors (Lipinski definition) is 2. The van der Waals surface area contributed by atoms with Gasteiger partial charge in [-0.2, -0.15) is 0 Å². The Labute approximate surface area is 197 Å². The number of imidazole rings is 1. The maximum absolute atomic E-state index is 12.3. The number of thioether (sulfide) groups is 1. The van der Waals surface area contributed by atoms with E-state index in [9.17, 15) is 4.79 Å². The van der Waals surface area contributed by atoms with Crippen molar-refractivity contribution in [3.05, 3.63) is 88.9 Å². The molecular weight excluding hydrogens is 438 g/mol. The molecule has 0 unspecified atom stereocenters. The smallest absolute Gasteiger partial charge is 0.225 e. The minimum atomic E-state index is -0.0381. The molecule has 1 heterocycles. The van der Waals surface area contributed by atoms with Crippen LogP contribution in [0.1, 0.15) is 17.5 Å². The second-order valence-corrected chi connectivity index (χ2v) is 9.17. The zero-order chi connectivity index (χ0) is 22.5. The third-order valence-corrected chi connectivity index (χ3v) is 6.17. The Kier molecular flexibility index (Phi) is 6.98. The number of H-pyrrole nitrogens is 1. The summed E-state index contributed by atoms with van der Waals surface area (Å²) in [7, 11) is 0. The van der Waals surface area contributed by atoms with Crippen LogP contribution in [-0.4, -0.2) is 21.6 Å². The number of aromatic nitrogens is 2. The predicted octanol–water partition coefficient (Wildman–Crippen LogP) is 7.13. The molecule has 2 N–H and O–H groups in total. The molecule has 4 rings (SSSR count). The first-order valence-corrected chi connectivity index (χ1v) is 11.8. The maximum atomic E-state index is 12.3. The van der Waals surface area contributed by atoms with Gasteiger partial charge >= 0.3 is 0 Å². The fourth-order valence-electron chi connectivity index (χ4n) is 3.27. The first-order chi connectivity index (χ1) is 15.5. The number of benzene rings is 3. The lowest BCUT2D eigenvalue weighted by Crippen LogP contribution is -2.12. The average Bonchev–Trinajstić information content (AvgIpc) is 3.20. The number of nitrogens with zero attached hydrogens (tertiary/aromatic N) is 1. The fourth-order valence-corrected chi connectivity index (χ4v) is 4.20. The normalized spacial score (nSPS) is 10.8. The van der Waals surface area contributed by atoms with Crippen LogP contribution < -0.4 is 5.32 Å². The van der Waals surface area contributed by atoms with Gasteiger partial charge in [-0.15, -0.1) is 0 Å². The summed E-state index contributed by atoms with van der Waals surface area (Å²) >= 11 is 7.44. The SMILES string of the molecule is Cc1ccc(-c2nc(SCCC(=O)Nc3ccc(Cl)cc3)[nH]c2-c2ccc(C)cc2)cc1. The molecule has 6 heteroatoms. The summed E-state index contributed by atoms with van der Waals surface area (Å²) in [5.74, 6) is 0.581. The van der Waals surface area contributed by atoms with E-state index < -0.39 is 0 Å². The van der Waals surface area contributed by atoms with E-state index in [1.54, 1.807) is 36.0 Å². The molecular formula is C26H24ClN3OS. The van der Waals surface area contributed by atoms with Crippen molar-refractivity contribution in [2.75, 3.05) is 11.1 Å². The van der Waals surface area contributed by atoms with Crippen LogP contribution in [-0.2, 0) is 4.79 Å². The number of nitrogens with one attached hydrogen (secondary N) is 2. The van der Waals surface area contributed by atoms with E-state index in [1.807, 2.05) is 0 Å². The number of amides is 1. The summed E-state index contributed by atoms with van der Waals surface area (Å²) in [6.45, 7) is 4.15. The molecule has 1 amide bonds. The van der Waals surface area contributed by atoms with Crippen molar-refractivity contribution in [3.8, 4) is 22.5 Å². The number of aryl methyl sites for hydroxylation is 2. The van der Waals surface area contributed by atoms with Crippen LogP contribution >= 0.6 is 23.4 Å². The zero-order valence-electron chi connectivity index (χ0n) is 18.0. The van der Waals surface area contributed by atoms with Gasteiger partial charge in [0.2, 0.25) is 5.91 Å². The molecule has 0 saturated carbocycles. The molecule has 4 nitrogen and oxygen atoms in total. The van der Waals surface area contributed by atoms with E-state index in [1.165, 1.54) is 11.1 Å². The lowest BCUT2D eigenvalue weighted by atomic mass is 10.0. The standard InChI is InChI=1S/C26H24ClN3OS/c1-17-3-7-19(8-4-17)24-25(20-9-5-18(2)6-10-20)30-26(29-24)32-16-15-23(31)28-22-13-11-21(27)12-14-22/h3-14H,15-16H2,1-2H3,(H,28,31)(H,29,30). The average molecular weight is 462 g/mol. The topological polar surface area (TPSA) is 57.8 Å². The van der Waals surface area contributed by atoms with Crippen molar-refractivity contribution in [3.63, 3.8) is 0 Å². The number of carbonyl (C=O) groups is 1. The van der Waals surface area contributed by atoms with Gasteiger partial charge in [0.05, 0.1) is 11.4 Å². The first-order valence-electron chi connectivity index (χ1n) is 10.4. The van der Waals surface area contributed by atoms with Gasteiger partial charge in [-0.3, -0.25) is 4.79 Å². The van der Waals surface area contributed by atoms with Crippen LogP contribution in [0.2, 0.25) is 5.02 Å². The summed E-state index contributed by atoms with van der Waals surface area (Å²) < 4.78 is 0. The van der Waals surface area contributed by atoms with Crippen molar-refractivity contribution in [2.24, 2.45) is 0 Å². The molecule has 0 aliphatic carbocycles. The van der Waals surface area contributed by atoms with Crippen LogP contribution in [0, 0.1) is 13.8 Å². The zero-order valence-corrected chi connectivity index (χ0v) is 19.6. The summed E-state index contributed by atoms with van der Waals surface area (Å²) in [6.07, 6.45) is 0.383. The van der Waals surface area contributed by atoms with Gasteiger partial charge in [-0.1, -0.05) is 83.0 Å². The lowest BCUT2D eigenvalue weighted by molar-refractivity contribution is -0.115. The molecule has 0 bridgehead atoms. The highest BCUT2D eigenvalue weighted by molar-refractivity contribution is 7.99. The van der Waals surface area contributed by atoms with Crippen LogP contribution in [0.3, 0.4) is 0 Å². The van der Waals surface area contributed by atoms with E-state index in [0.29, 0.717) is 17.2 Å². The number of rotatable bonds is 7. The molecule has 0 radical (unpaired) electrons. The van der Waals surface area contributed by atoms with Crippen molar-refractivity contribution >= 4 is 35.0 Å². The third-order valence-electron chi connectivity index (χ3n) is 5.04. The van der Waals surface area contributed by atoms with E-state index >= 15 is 0 Å². The number of halogens is 1. The maximum Gasteiger partial charge on any atom is 0.225 e. The lowest BCUT2D eigenvalue weighted by Gasteiger charge is -2.04. The largest absolute Gasteiger partial charge is 0.332 e. The highest BCUT2D eigenvalue weighted by Gasteiger charge is 2.15. The molecule has 0 spiro atoms. The Morgan fingerprint density at radius 3 is 2.12 bits per heavy atom. The third kappa shape index (κ3) is 5.61. The van der Waals surface area contributed by atoms with Gasteiger partial charge in [0.25, 0.3) is 0 Å². The van der Waals surface area contributed by atoms with Crippen LogP contribution in [0.25, 0.3) is 22.5 Å². The van der Waals surface area contributed by atoms with Crippen molar-refractivity contribution < 1.29 is 4.79 Å². The van der Waals surface area contributed by atoms with Gasteiger partial charge in [-0.05, 0) is 38.1 Å². The molecule has 162 valence electrons. The van der Waals surface area contributed by atoms with Crippen molar-refractivity contribution in [1.82, 2.24) is 9.97 Å². The molecule has 3 aromatic carbocycles. The summed E-state index contributed by atoms with van der Waals surface area (Å²) in [4.78, 5) is 20.6. The fraction of sp³-hybridized carbons (Fsp3) is 0.154. The molecule has 0 aliphatic rings. The van der Waals surface area contributed by atoms with Crippen LogP contribution in [0.4, 0.5) is 5.69 Å². The van der Waals surface area contributed by atoms with Gasteiger partial charge in [0.15, 0.2) is 5.16 Å². The van der Waals surface area contributed by atoms with E-state index in [0.717, 1.165) is 33.4 Å². The Morgan fingerprint density at radius 2 is 1.50 bits per heavy atom. The van der Waals surface area contributed by atoms with E-state index in [-0.39, 0.29) is 5.91 Å². The molecule has 0 atom stereocenters. The van der Waals surface area contributed by atoms with Gasteiger partial charge in [0, 0.05) is 34.0 Å². The summed E-state index contributed by atoms with van der Waals surface area (Å²) in [5.41, 5.74) is 7.23. The Balaban J connectivity index is 1.48. The quantitative estimate of drug-likeness (QED) is 0.287. The highest BCUT2D eigenvalue weighted by atomic mass is 35.5. The number of carbonyl (C=O) groups excluding carboxylic acids is 1. The monoisotopic (exact) mass is 461 g/mol. The molecule has 0 saturated heterocycles. The van der Waals surface area contributed by atoms with Crippen LogP contribution in [0.5, 0.6) is 0 Å². The van der Waals surface area contributed by atoms with Gasteiger partial charge in [0.1, 0.15) is 0 Å². The molecule has 0 aliphatic heterocycles. The van der Waals surface area contributed by atoms with Crippen molar-refractivity contribution in [1.29, 1.82) is 0 Å². The molecule has 1 aromatic heterocycles. The summed E-state index contributed by atoms with van der Waals surface area (Å²) in [5, 5.41) is 4.34. The first kappa shape index (κ1) is 22.2. The number of aromatic amines is 1. The van der Waals surface area contributed by atoms with E-state index in [4.69, 9.17) is 16.6 Å². The number of hydrogen-bond acceptors (Lipinski definition) is 3. The van der Waals surface area contributed by atoms with Gasteiger partial charge in [-0.25, -0.2) is 4.98 Å². The summed E-state index contributed by atoms with van der Waals surface area (Å²) in [6, 6.07) is 23.9. The second kappa shape index (κ2) is 10.1. The van der Waals surface area contributed by atoms with Gasteiger partial charge < -0.3 is 10.3 Å².